The first-order valence-corrected chi connectivity index (χ1v) is 6.73. The summed E-state index contributed by atoms with van der Waals surface area (Å²) in [6.07, 6.45) is 1.07. The van der Waals surface area contributed by atoms with Crippen LogP contribution in [-0.4, -0.2) is 34.7 Å². The van der Waals surface area contributed by atoms with Crippen molar-refractivity contribution in [1.29, 1.82) is 0 Å². The van der Waals surface area contributed by atoms with Gasteiger partial charge in [-0.1, -0.05) is 18.2 Å². The minimum absolute atomic E-state index is 0.280. The van der Waals surface area contributed by atoms with Gasteiger partial charge < -0.3 is 10.8 Å². The number of fused-ring (bicyclic) bond motifs is 1. The molecule has 0 aliphatic carbocycles. The zero-order valence-corrected chi connectivity index (χ0v) is 10.9. The van der Waals surface area contributed by atoms with Gasteiger partial charge in [0.05, 0.1) is 5.52 Å². The average Bonchev–Trinajstić information content (AvgIpc) is 2.87. The largest absolute Gasteiger partial charge is 0.396 e. The van der Waals surface area contributed by atoms with E-state index in [-0.39, 0.29) is 6.61 Å². The number of aromatic nitrogens is 1. The molecule has 0 radical (unpaired) electrons. The number of nitrogens with zero attached hydrogens (tertiary/aromatic N) is 2. The Kier molecular flexibility index (Phi) is 3.36. The van der Waals surface area contributed by atoms with Crippen molar-refractivity contribution < 1.29 is 5.11 Å². The molecule has 0 spiro atoms. The Morgan fingerprint density at radius 2 is 2.21 bits per heavy atom. The average molecular weight is 257 g/mol. The minimum Gasteiger partial charge on any atom is -0.396 e. The molecule has 3 N–H and O–H groups in total. The van der Waals surface area contributed by atoms with Crippen molar-refractivity contribution in [3.63, 3.8) is 0 Å². The molecule has 1 fully saturated rings. The van der Waals surface area contributed by atoms with Gasteiger partial charge in [0.15, 0.2) is 0 Å². The van der Waals surface area contributed by atoms with Gasteiger partial charge >= 0.3 is 0 Å². The van der Waals surface area contributed by atoms with Crippen molar-refractivity contribution in [2.24, 2.45) is 5.92 Å². The Labute approximate surface area is 112 Å². The standard InChI is InChI=1S/C15H19N3O/c16-15-13(9-18-6-5-11(8-18)10-19)7-12-3-1-2-4-14(12)17-15/h1-4,7,11,19H,5-6,8-10H2,(H2,16,17). The second-order valence-corrected chi connectivity index (χ2v) is 5.30. The highest BCUT2D eigenvalue weighted by Crippen LogP contribution is 2.23. The van der Waals surface area contributed by atoms with Crippen LogP contribution in [0.5, 0.6) is 0 Å². The molecule has 19 heavy (non-hydrogen) atoms. The van der Waals surface area contributed by atoms with Crippen molar-refractivity contribution in [3.8, 4) is 0 Å². The minimum atomic E-state index is 0.280. The van der Waals surface area contributed by atoms with Gasteiger partial charge in [-0.3, -0.25) is 4.90 Å². The van der Waals surface area contributed by atoms with E-state index in [0.29, 0.717) is 11.7 Å². The van der Waals surface area contributed by atoms with Crippen LogP contribution in [0, 0.1) is 5.92 Å². The summed E-state index contributed by atoms with van der Waals surface area (Å²) in [5.41, 5.74) is 8.07. The third-order valence-electron chi connectivity index (χ3n) is 3.86. The number of nitrogen functional groups attached to an aromatic ring is 1. The van der Waals surface area contributed by atoms with Crippen LogP contribution in [0.25, 0.3) is 10.9 Å². The Morgan fingerprint density at radius 1 is 1.37 bits per heavy atom. The third kappa shape index (κ3) is 2.55. The van der Waals surface area contributed by atoms with Crippen LogP contribution in [0.2, 0.25) is 0 Å². The number of rotatable bonds is 3. The monoisotopic (exact) mass is 257 g/mol. The second-order valence-electron chi connectivity index (χ2n) is 5.30. The van der Waals surface area contributed by atoms with Crippen molar-refractivity contribution in [2.45, 2.75) is 13.0 Å². The van der Waals surface area contributed by atoms with Crippen molar-refractivity contribution in [2.75, 3.05) is 25.4 Å². The zero-order valence-electron chi connectivity index (χ0n) is 10.9. The number of para-hydroxylation sites is 1. The number of anilines is 1. The molecule has 1 aromatic carbocycles. The summed E-state index contributed by atoms with van der Waals surface area (Å²) in [6, 6.07) is 10.2. The molecule has 1 saturated heterocycles. The van der Waals surface area contributed by atoms with Gasteiger partial charge in [-0.05, 0) is 31.0 Å². The number of aliphatic hydroxyl groups is 1. The lowest BCUT2D eigenvalue weighted by molar-refractivity contribution is 0.220. The van der Waals surface area contributed by atoms with Crippen LogP contribution in [0.4, 0.5) is 5.82 Å². The van der Waals surface area contributed by atoms with E-state index in [4.69, 9.17) is 5.73 Å². The third-order valence-corrected chi connectivity index (χ3v) is 3.86. The summed E-state index contributed by atoms with van der Waals surface area (Å²) < 4.78 is 0. The predicted octanol–water partition coefficient (Wildman–Crippen LogP) is 1.63. The van der Waals surface area contributed by atoms with Crippen molar-refractivity contribution in [1.82, 2.24) is 9.88 Å². The molecule has 1 atom stereocenters. The Hall–Kier alpha value is -1.65. The van der Waals surface area contributed by atoms with Crippen LogP contribution in [-0.2, 0) is 6.54 Å². The van der Waals surface area contributed by atoms with Gasteiger partial charge in [0, 0.05) is 30.6 Å². The fourth-order valence-electron chi connectivity index (χ4n) is 2.75. The molecule has 0 amide bonds. The van der Waals surface area contributed by atoms with Gasteiger partial charge in [0.1, 0.15) is 5.82 Å². The van der Waals surface area contributed by atoms with Crippen LogP contribution in [0.15, 0.2) is 30.3 Å². The lowest BCUT2D eigenvalue weighted by Crippen LogP contribution is -2.21. The van der Waals surface area contributed by atoms with Gasteiger partial charge in [-0.15, -0.1) is 0 Å². The first kappa shape index (κ1) is 12.4. The summed E-state index contributed by atoms with van der Waals surface area (Å²) in [4.78, 5) is 6.79. The summed E-state index contributed by atoms with van der Waals surface area (Å²) >= 11 is 0. The molecule has 1 aliphatic rings. The second kappa shape index (κ2) is 5.15. The molecule has 1 aliphatic heterocycles. The highest BCUT2D eigenvalue weighted by Gasteiger charge is 2.22. The maximum Gasteiger partial charge on any atom is 0.128 e. The van der Waals surface area contributed by atoms with E-state index in [1.165, 1.54) is 0 Å². The number of hydrogen-bond acceptors (Lipinski definition) is 4. The number of hydrogen-bond donors (Lipinski definition) is 2. The molecule has 100 valence electrons. The lowest BCUT2D eigenvalue weighted by Gasteiger charge is -2.17. The van der Waals surface area contributed by atoms with Crippen LogP contribution < -0.4 is 5.73 Å². The number of nitrogens with two attached hydrogens (primary N) is 1. The summed E-state index contributed by atoms with van der Waals surface area (Å²) in [7, 11) is 0. The lowest BCUT2D eigenvalue weighted by atomic mass is 10.1. The molecule has 1 aromatic heterocycles. The summed E-state index contributed by atoms with van der Waals surface area (Å²) in [5.74, 6) is 1.03. The summed E-state index contributed by atoms with van der Waals surface area (Å²) in [6.45, 7) is 3.07. The topological polar surface area (TPSA) is 62.4 Å². The fourth-order valence-corrected chi connectivity index (χ4v) is 2.75. The maximum absolute atomic E-state index is 9.18. The fraction of sp³-hybridized carbons (Fsp3) is 0.400. The van der Waals surface area contributed by atoms with E-state index in [0.717, 1.165) is 42.5 Å². The van der Waals surface area contributed by atoms with E-state index in [1.807, 2.05) is 18.2 Å². The molecule has 2 heterocycles. The molecule has 2 aromatic rings. The molecule has 0 saturated carbocycles. The highest BCUT2D eigenvalue weighted by atomic mass is 16.3. The van der Waals surface area contributed by atoms with Crippen LogP contribution in [0.3, 0.4) is 0 Å². The Balaban J connectivity index is 1.83. The number of pyridine rings is 1. The molecular weight excluding hydrogens is 238 g/mol. The van der Waals surface area contributed by atoms with Crippen molar-refractivity contribution >= 4 is 16.7 Å². The van der Waals surface area contributed by atoms with E-state index in [1.54, 1.807) is 0 Å². The molecule has 4 heteroatoms. The molecule has 1 unspecified atom stereocenters. The Bertz CT molecular complexity index is 585. The molecular formula is C15H19N3O. The smallest absolute Gasteiger partial charge is 0.128 e. The first-order valence-electron chi connectivity index (χ1n) is 6.73. The van der Waals surface area contributed by atoms with E-state index in [9.17, 15) is 5.11 Å². The van der Waals surface area contributed by atoms with E-state index >= 15 is 0 Å². The van der Waals surface area contributed by atoms with Crippen LogP contribution >= 0.6 is 0 Å². The number of benzene rings is 1. The molecule has 0 bridgehead atoms. The molecule has 3 rings (SSSR count). The zero-order chi connectivity index (χ0) is 13.2. The van der Waals surface area contributed by atoms with Gasteiger partial charge in [-0.25, -0.2) is 4.98 Å². The van der Waals surface area contributed by atoms with Crippen molar-refractivity contribution in [3.05, 3.63) is 35.9 Å². The molecule has 4 nitrogen and oxygen atoms in total. The summed E-state index contributed by atoms with van der Waals surface area (Å²) in [5, 5.41) is 10.3. The Morgan fingerprint density at radius 3 is 3.00 bits per heavy atom. The SMILES string of the molecule is Nc1nc2ccccc2cc1CN1CCC(CO)C1. The maximum atomic E-state index is 9.18. The van der Waals surface area contributed by atoms with E-state index in [2.05, 4.69) is 22.0 Å². The predicted molar refractivity (Wildman–Crippen MR) is 76.6 cm³/mol. The van der Waals surface area contributed by atoms with Gasteiger partial charge in [0.2, 0.25) is 0 Å². The van der Waals surface area contributed by atoms with Gasteiger partial charge in [-0.2, -0.15) is 0 Å². The quantitative estimate of drug-likeness (QED) is 0.877. The number of aliphatic hydroxyl groups excluding tert-OH is 1. The first-order chi connectivity index (χ1) is 9.26. The highest BCUT2D eigenvalue weighted by molar-refractivity contribution is 5.81. The number of likely N-dealkylation sites (tertiary alicyclic amines) is 1. The normalized spacial score (nSPS) is 20.2. The van der Waals surface area contributed by atoms with Gasteiger partial charge in [0.25, 0.3) is 0 Å². The van der Waals surface area contributed by atoms with Crippen LogP contribution in [0.1, 0.15) is 12.0 Å². The van der Waals surface area contributed by atoms with E-state index < -0.39 is 0 Å².